The van der Waals surface area contributed by atoms with Crippen molar-refractivity contribution < 1.29 is 13.9 Å². The minimum absolute atomic E-state index is 0.171. The Labute approximate surface area is 98.9 Å². The number of alkyl halides is 2. The molecule has 0 unspecified atom stereocenters. The molecule has 1 aromatic carbocycles. The van der Waals surface area contributed by atoms with Crippen LogP contribution in [-0.4, -0.2) is 36.1 Å². The molecule has 0 spiro atoms. The topological polar surface area (TPSA) is 47.3 Å². The van der Waals surface area contributed by atoms with E-state index in [4.69, 9.17) is 10.4 Å². The van der Waals surface area contributed by atoms with Crippen LogP contribution in [0, 0.1) is 11.3 Å². The van der Waals surface area contributed by atoms with E-state index in [1.54, 1.807) is 24.3 Å². The van der Waals surface area contributed by atoms with Crippen molar-refractivity contribution in [2.24, 2.45) is 0 Å². The van der Waals surface area contributed by atoms with Crippen LogP contribution in [0.1, 0.15) is 11.1 Å². The quantitative estimate of drug-likeness (QED) is 0.821. The smallest absolute Gasteiger partial charge is 0.251 e. The van der Waals surface area contributed by atoms with Crippen LogP contribution in [0.15, 0.2) is 24.3 Å². The van der Waals surface area contributed by atoms with Crippen LogP contribution in [0.2, 0.25) is 0 Å². The first kappa shape index (κ1) is 13.6. The summed E-state index contributed by atoms with van der Waals surface area (Å²) in [4.78, 5) is 1.43. The number of aliphatic hydroxyl groups is 1. The van der Waals surface area contributed by atoms with E-state index in [2.05, 4.69) is 0 Å². The molecule has 0 saturated carbocycles. The summed E-state index contributed by atoms with van der Waals surface area (Å²) >= 11 is 0. The minimum Gasteiger partial charge on any atom is -0.395 e. The van der Waals surface area contributed by atoms with Gasteiger partial charge in [0.1, 0.15) is 0 Å². The maximum atomic E-state index is 12.3. The predicted octanol–water partition coefficient (Wildman–Crippen LogP) is 1.62. The summed E-state index contributed by atoms with van der Waals surface area (Å²) in [5.41, 5.74) is 1.17. The van der Waals surface area contributed by atoms with Gasteiger partial charge in [0.15, 0.2) is 0 Å². The number of hydrogen-bond donors (Lipinski definition) is 1. The molecule has 1 rings (SSSR count). The molecular weight excluding hydrogens is 226 g/mol. The number of rotatable bonds is 6. The van der Waals surface area contributed by atoms with Gasteiger partial charge in [-0.05, 0) is 11.6 Å². The van der Waals surface area contributed by atoms with Gasteiger partial charge < -0.3 is 5.11 Å². The normalized spacial score (nSPS) is 10.8. The summed E-state index contributed by atoms with van der Waals surface area (Å²) < 4.78 is 24.6. The molecule has 92 valence electrons. The molecule has 3 nitrogen and oxygen atoms in total. The second-order valence-corrected chi connectivity index (χ2v) is 3.62. The van der Waals surface area contributed by atoms with Crippen LogP contribution in [-0.2, 0) is 6.54 Å². The van der Waals surface area contributed by atoms with E-state index in [1.165, 1.54) is 4.90 Å². The van der Waals surface area contributed by atoms with Crippen molar-refractivity contribution in [3.63, 3.8) is 0 Å². The summed E-state index contributed by atoms with van der Waals surface area (Å²) in [6.45, 7) is -0.166. The zero-order valence-electron chi connectivity index (χ0n) is 9.31. The Kier molecular flexibility index (Phi) is 5.53. The molecule has 17 heavy (non-hydrogen) atoms. The van der Waals surface area contributed by atoms with Crippen LogP contribution >= 0.6 is 0 Å². The average molecular weight is 240 g/mol. The minimum atomic E-state index is -2.45. The maximum absolute atomic E-state index is 12.3. The maximum Gasteiger partial charge on any atom is 0.251 e. The van der Waals surface area contributed by atoms with Crippen LogP contribution in [0.5, 0.6) is 0 Å². The lowest BCUT2D eigenvalue weighted by molar-refractivity contribution is 0.0746. The van der Waals surface area contributed by atoms with Gasteiger partial charge in [0.05, 0.1) is 24.8 Å². The van der Waals surface area contributed by atoms with Gasteiger partial charge in [0, 0.05) is 13.1 Å². The Morgan fingerprint density at radius 3 is 2.65 bits per heavy atom. The molecule has 0 saturated heterocycles. The first-order valence-electron chi connectivity index (χ1n) is 5.26. The number of nitrogens with zero attached hydrogens (tertiary/aromatic N) is 2. The van der Waals surface area contributed by atoms with Gasteiger partial charge in [-0.15, -0.1) is 0 Å². The zero-order chi connectivity index (χ0) is 12.7. The fourth-order valence-electron chi connectivity index (χ4n) is 1.58. The van der Waals surface area contributed by atoms with E-state index >= 15 is 0 Å². The van der Waals surface area contributed by atoms with Crippen molar-refractivity contribution in [3.05, 3.63) is 35.4 Å². The number of nitriles is 1. The molecule has 0 bridgehead atoms. The Morgan fingerprint density at radius 1 is 1.35 bits per heavy atom. The number of benzene rings is 1. The molecule has 0 atom stereocenters. The Morgan fingerprint density at radius 2 is 2.06 bits per heavy atom. The van der Waals surface area contributed by atoms with Crippen molar-refractivity contribution in [3.8, 4) is 6.07 Å². The molecule has 1 N–H and O–H groups in total. The lowest BCUT2D eigenvalue weighted by Crippen LogP contribution is -2.31. The van der Waals surface area contributed by atoms with Gasteiger partial charge in [-0.2, -0.15) is 5.26 Å². The fraction of sp³-hybridized carbons (Fsp3) is 0.417. The molecule has 0 aliphatic rings. The summed E-state index contributed by atoms with van der Waals surface area (Å²) in [7, 11) is 0. The van der Waals surface area contributed by atoms with E-state index in [-0.39, 0.29) is 19.7 Å². The second kappa shape index (κ2) is 6.94. The van der Waals surface area contributed by atoms with Crippen molar-refractivity contribution in [1.82, 2.24) is 4.90 Å². The summed E-state index contributed by atoms with van der Waals surface area (Å²) in [6.07, 6.45) is -2.45. The van der Waals surface area contributed by atoms with Crippen LogP contribution in [0.3, 0.4) is 0 Å². The first-order chi connectivity index (χ1) is 8.17. The SMILES string of the molecule is N#Cc1ccccc1CN(CCO)CC(F)F. The lowest BCUT2D eigenvalue weighted by atomic mass is 10.1. The summed E-state index contributed by atoms with van der Waals surface area (Å²) in [5.74, 6) is 0. The highest BCUT2D eigenvalue weighted by Crippen LogP contribution is 2.11. The van der Waals surface area contributed by atoms with Gasteiger partial charge in [0.2, 0.25) is 0 Å². The molecule has 0 radical (unpaired) electrons. The molecule has 0 fully saturated rings. The Hall–Kier alpha value is -1.51. The third-order valence-electron chi connectivity index (χ3n) is 2.34. The third-order valence-corrected chi connectivity index (χ3v) is 2.34. The summed E-state index contributed by atoms with van der Waals surface area (Å²) in [6, 6.07) is 8.89. The Bertz CT molecular complexity index is 390. The fourth-order valence-corrected chi connectivity index (χ4v) is 1.58. The molecule has 0 heterocycles. The largest absolute Gasteiger partial charge is 0.395 e. The number of aliphatic hydroxyl groups excluding tert-OH is 1. The zero-order valence-corrected chi connectivity index (χ0v) is 9.31. The molecule has 0 aromatic heterocycles. The monoisotopic (exact) mass is 240 g/mol. The van der Waals surface area contributed by atoms with Gasteiger partial charge >= 0.3 is 0 Å². The first-order valence-corrected chi connectivity index (χ1v) is 5.26. The molecule has 5 heteroatoms. The van der Waals surface area contributed by atoms with Gasteiger partial charge in [-0.3, -0.25) is 4.90 Å². The highest BCUT2D eigenvalue weighted by molar-refractivity contribution is 5.37. The molecule has 1 aromatic rings. The van der Waals surface area contributed by atoms with Crippen LogP contribution in [0.25, 0.3) is 0 Å². The highest BCUT2D eigenvalue weighted by Gasteiger charge is 2.13. The van der Waals surface area contributed by atoms with E-state index in [9.17, 15) is 8.78 Å². The lowest BCUT2D eigenvalue weighted by Gasteiger charge is -2.21. The van der Waals surface area contributed by atoms with Crippen LogP contribution < -0.4 is 0 Å². The molecule has 0 aliphatic carbocycles. The van der Waals surface area contributed by atoms with E-state index in [0.29, 0.717) is 11.1 Å². The van der Waals surface area contributed by atoms with Crippen LogP contribution in [0.4, 0.5) is 8.78 Å². The molecule has 0 aliphatic heterocycles. The third kappa shape index (κ3) is 4.47. The number of hydrogen-bond acceptors (Lipinski definition) is 3. The standard InChI is InChI=1S/C12H14F2N2O/c13-12(14)9-16(5-6-17)8-11-4-2-1-3-10(11)7-15/h1-4,12,17H,5-6,8-9H2. The van der Waals surface area contributed by atoms with Crippen molar-refractivity contribution in [2.45, 2.75) is 13.0 Å². The summed E-state index contributed by atoms with van der Waals surface area (Å²) in [5, 5.41) is 17.7. The Balaban J connectivity index is 2.75. The van der Waals surface area contributed by atoms with Crippen molar-refractivity contribution in [1.29, 1.82) is 5.26 Å². The average Bonchev–Trinajstić information content (AvgIpc) is 2.29. The van der Waals surface area contributed by atoms with Crippen molar-refractivity contribution in [2.75, 3.05) is 19.7 Å². The highest BCUT2D eigenvalue weighted by atomic mass is 19.3. The number of halogens is 2. The van der Waals surface area contributed by atoms with Gasteiger partial charge in [-0.1, -0.05) is 18.2 Å². The van der Waals surface area contributed by atoms with E-state index in [1.807, 2.05) is 6.07 Å². The second-order valence-electron chi connectivity index (χ2n) is 3.62. The van der Waals surface area contributed by atoms with Gasteiger partial charge in [0.25, 0.3) is 6.43 Å². The molecule has 0 amide bonds. The predicted molar refractivity (Wildman–Crippen MR) is 59.5 cm³/mol. The van der Waals surface area contributed by atoms with E-state index in [0.717, 1.165) is 0 Å². The molecular formula is C12H14F2N2O. The van der Waals surface area contributed by atoms with Gasteiger partial charge in [-0.25, -0.2) is 8.78 Å². The van der Waals surface area contributed by atoms with E-state index < -0.39 is 13.0 Å². The van der Waals surface area contributed by atoms with Crippen molar-refractivity contribution >= 4 is 0 Å².